The van der Waals surface area contributed by atoms with E-state index in [1.165, 1.54) is 75.8 Å². The van der Waals surface area contributed by atoms with Crippen molar-refractivity contribution in [1.29, 1.82) is 0 Å². The summed E-state index contributed by atoms with van der Waals surface area (Å²) in [5.41, 5.74) is 16.9. The molecule has 0 aliphatic carbocycles. The van der Waals surface area contributed by atoms with Crippen molar-refractivity contribution in [2.75, 3.05) is 0 Å². The third kappa shape index (κ3) is 9.04. The van der Waals surface area contributed by atoms with Gasteiger partial charge in [0.25, 0.3) is 0 Å². The van der Waals surface area contributed by atoms with Gasteiger partial charge in [-0.1, -0.05) is 177 Å². The van der Waals surface area contributed by atoms with Gasteiger partial charge in [0.2, 0.25) is 0 Å². The molecule has 57 heavy (non-hydrogen) atoms. The molecule has 290 valence electrons. The molecule has 0 aliphatic heterocycles. The lowest BCUT2D eigenvalue weighted by molar-refractivity contribution is 0.590. The molecule has 0 unspecified atom stereocenters. The smallest absolute Gasteiger partial charge is 0.182 e. The second kappa shape index (κ2) is 16.5. The molecule has 0 fully saturated rings. The van der Waals surface area contributed by atoms with Crippen LogP contribution < -0.4 is 0 Å². The van der Waals surface area contributed by atoms with E-state index in [2.05, 4.69) is 200 Å². The Kier molecular flexibility index (Phi) is 11.5. The standard InChI is InChI=1S/C54H59N3/c1-10-11-12-14-18-39-31-37(2)50(38(3)32-39)57-52(42-19-15-13-16-20-42)55-51(56-57)44-22-17-21-43(33-44)47-35-45(40-23-27-48(28-24-40)53(4,5)6)34-46(36-47)41-25-29-49(30-26-41)54(7,8)9/h13,15-17,19-36H,10-12,14,18H2,1-9H3. The Hall–Kier alpha value is -5.54. The van der Waals surface area contributed by atoms with Crippen LogP contribution in [0, 0.1) is 13.8 Å². The summed E-state index contributed by atoms with van der Waals surface area (Å²) in [6, 6.07) is 49.1. The number of benzene rings is 6. The van der Waals surface area contributed by atoms with Crippen LogP contribution in [-0.2, 0) is 17.3 Å². The Balaban J connectivity index is 1.32. The van der Waals surface area contributed by atoms with Crippen molar-refractivity contribution in [3.05, 3.63) is 161 Å². The van der Waals surface area contributed by atoms with Gasteiger partial charge in [0.05, 0.1) is 5.69 Å². The summed E-state index contributed by atoms with van der Waals surface area (Å²) in [6.07, 6.45) is 6.16. The van der Waals surface area contributed by atoms with Gasteiger partial charge >= 0.3 is 0 Å². The minimum Gasteiger partial charge on any atom is -0.212 e. The fourth-order valence-corrected chi connectivity index (χ4v) is 7.94. The summed E-state index contributed by atoms with van der Waals surface area (Å²) in [6.45, 7) is 20.3. The average Bonchev–Trinajstić information content (AvgIpc) is 3.64. The zero-order valence-corrected chi connectivity index (χ0v) is 35.6. The summed E-state index contributed by atoms with van der Waals surface area (Å²) in [7, 11) is 0. The summed E-state index contributed by atoms with van der Waals surface area (Å²) >= 11 is 0. The zero-order valence-electron chi connectivity index (χ0n) is 35.6. The molecule has 0 saturated heterocycles. The first kappa shape index (κ1) is 39.7. The van der Waals surface area contributed by atoms with Crippen molar-refractivity contribution in [3.63, 3.8) is 0 Å². The predicted octanol–water partition coefficient (Wildman–Crippen LogP) is 14.9. The largest absolute Gasteiger partial charge is 0.212 e. The first-order valence-electron chi connectivity index (χ1n) is 20.9. The molecular weight excluding hydrogens is 691 g/mol. The lowest BCUT2D eigenvalue weighted by Gasteiger charge is -2.20. The molecule has 6 aromatic carbocycles. The predicted molar refractivity (Wildman–Crippen MR) is 243 cm³/mol. The molecule has 0 radical (unpaired) electrons. The summed E-state index contributed by atoms with van der Waals surface area (Å²) in [4.78, 5) is 5.27. The normalized spacial score (nSPS) is 11.9. The number of aromatic nitrogens is 3. The van der Waals surface area contributed by atoms with Crippen molar-refractivity contribution >= 4 is 0 Å². The van der Waals surface area contributed by atoms with Crippen molar-refractivity contribution in [2.24, 2.45) is 0 Å². The molecule has 0 aliphatic rings. The number of hydrogen-bond acceptors (Lipinski definition) is 2. The molecule has 1 heterocycles. The third-order valence-electron chi connectivity index (χ3n) is 11.3. The van der Waals surface area contributed by atoms with Gasteiger partial charge in [-0.3, -0.25) is 0 Å². The second-order valence-corrected chi connectivity index (χ2v) is 18.0. The van der Waals surface area contributed by atoms with E-state index in [1.54, 1.807) is 0 Å². The van der Waals surface area contributed by atoms with E-state index < -0.39 is 0 Å². The molecule has 0 N–H and O–H groups in total. The van der Waals surface area contributed by atoms with Crippen LogP contribution in [0.15, 0.2) is 133 Å². The maximum atomic E-state index is 5.29. The van der Waals surface area contributed by atoms with Crippen molar-refractivity contribution in [3.8, 4) is 61.8 Å². The Morgan fingerprint density at radius 3 is 1.49 bits per heavy atom. The molecule has 0 amide bonds. The van der Waals surface area contributed by atoms with Gasteiger partial charge in [0.15, 0.2) is 11.6 Å². The van der Waals surface area contributed by atoms with Crippen molar-refractivity contribution < 1.29 is 0 Å². The van der Waals surface area contributed by atoms with Gasteiger partial charge in [-0.25, -0.2) is 9.67 Å². The van der Waals surface area contributed by atoms with Crippen LogP contribution in [0.25, 0.3) is 61.8 Å². The maximum Gasteiger partial charge on any atom is 0.182 e. The van der Waals surface area contributed by atoms with E-state index in [1.807, 2.05) is 0 Å². The zero-order chi connectivity index (χ0) is 40.3. The molecule has 3 nitrogen and oxygen atoms in total. The summed E-state index contributed by atoms with van der Waals surface area (Å²) < 4.78 is 2.07. The van der Waals surface area contributed by atoms with Crippen LogP contribution in [0.2, 0.25) is 0 Å². The van der Waals surface area contributed by atoms with Gasteiger partial charge in [0, 0.05) is 11.1 Å². The van der Waals surface area contributed by atoms with Crippen molar-refractivity contribution in [1.82, 2.24) is 14.8 Å². The quantitative estimate of drug-likeness (QED) is 0.123. The lowest BCUT2D eigenvalue weighted by atomic mass is 9.85. The van der Waals surface area contributed by atoms with Gasteiger partial charge in [-0.15, -0.1) is 5.10 Å². The van der Waals surface area contributed by atoms with E-state index in [4.69, 9.17) is 10.1 Å². The van der Waals surface area contributed by atoms with Gasteiger partial charge in [-0.2, -0.15) is 0 Å². The van der Waals surface area contributed by atoms with Gasteiger partial charge in [0.1, 0.15) is 0 Å². The van der Waals surface area contributed by atoms with E-state index in [0.717, 1.165) is 40.2 Å². The van der Waals surface area contributed by atoms with E-state index in [-0.39, 0.29) is 10.8 Å². The fourth-order valence-electron chi connectivity index (χ4n) is 7.94. The Labute approximate surface area is 341 Å². The van der Waals surface area contributed by atoms with Gasteiger partial charge < -0.3 is 0 Å². The maximum absolute atomic E-state index is 5.29. The highest BCUT2D eigenvalue weighted by Gasteiger charge is 2.20. The highest BCUT2D eigenvalue weighted by molar-refractivity contribution is 5.82. The minimum absolute atomic E-state index is 0.0942. The number of nitrogens with zero attached hydrogens (tertiary/aromatic N) is 3. The minimum atomic E-state index is 0.0942. The van der Waals surface area contributed by atoms with Crippen molar-refractivity contribution in [2.45, 2.75) is 105 Å². The van der Waals surface area contributed by atoms with Gasteiger partial charge in [-0.05, 0) is 123 Å². The first-order valence-corrected chi connectivity index (χ1v) is 20.9. The molecule has 1 aromatic heterocycles. The molecule has 3 heteroatoms. The third-order valence-corrected chi connectivity index (χ3v) is 11.3. The monoisotopic (exact) mass is 749 g/mol. The fraction of sp³-hybridized carbons (Fsp3) is 0.296. The summed E-state index contributed by atoms with van der Waals surface area (Å²) in [5.74, 6) is 1.56. The van der Waals surface area contributed by atoms with Crippen LogP contribution in [0.5, 0.6) is 0 Å². The second-order valence-electron chi connectivity index (χ2n) is 18.0. The number of hydrogen-bond donors (Lipinski definition) is 0. The molecule has 0 atom stereocenters. The molecular formula is C54H59N3. The number of aryl methyl sites for hydroxylation is 3. The Morgan fingerprint density at radius 1 is 0.474 bits per heavy atom. The SMILES string of the molecule is CCCCCCc1cc(C)c(-n2nc(-c3cccc(-c4cc(-c5ccc(C(C)(C)C)cc5)cc(-c5ccc(C(C)(C)C)cc5)c4)c3)nc2-c2ccccc2)c(C)c1. The number of unbranched alkanes of at least 4 members (excludes halogenated alkanes) is 3. The lowest BCUT2D eigenvalue weighted by Crippen LogP contribution is -2.10. The molecule has 0 bridgehead atoms. The average molecular weight is 750 g/mol. The topological polar surface area (TPSA) is 30.7 Å². The molecule has 7 rings (SSSR count). The van der Waals surface area contributed by atoms with Crippen LogP contribution in [0.1, 0.15) is 102 Å². The van der Waals surface area contributed by atoms with Crippen LogP contribution in [0.3, 0.4) is 0 Å². The highest BCUT2D eigenvalue weighted by Crippen LogP contribution is 2.37. The van der Waals surface area contributed by atoms with E-state index in [9.17, 15) is 0 Å². The van der Waals surface area contributed by atoms with E-state index >= 15 is 0 Å². The Morgan fingerprint density at radius 2 is 0.965 bits per heavy atom. The molecule has 0 spiro atoms. The van der Waals surface area contributed by atoms with Crippen LogP contribution >= 0.6 is 0 Å². The van der Waals surface area contributed by atoms with Crippen LogP contribution in [-0.4, -0.2) is 14.8 Å². The molecule has 7 aromatic rings. The number of rotatable bonds is 11. The Bertz CT molecular complexity index is 2350. The summed E-state index contributed by atoms with van der Waals surface area (Å²) in [5, 5.41) is 5.29. The van der Waals surface area contributed by atoms with Crippen LogP contribution in [0.4, 0.5) is 0 Å². The highest BCUT2D eigenvalue weighted by atomic mass is 15.4. The van der Waals surface area contributed by atoms with E-state index in [0.29, 0.717) is 5.82 Å². The first-order chi connectivity index (χ1) is 27.3. The molecule has 0 saturated carbocycles.